The molecule has 174 valence electrons. The highest BCUT2D eigenvalue weighted by Gasteiger charge is 2.36. The fraction of sp³-hybridized carbons (Fsp3) is 0.632. The maximum absolute atomic E-state index is 14.7. The summed E-state index contributed by atoms with van der Waals surface area (Å²) >= 11 is 0. The molecular formula is C19H29F2N6O3S-. The van der Waals surface area contributed by atoms with E-state index in [0.29, 0.717) is 25.9 Å². The molecular weight excluding hydrogens is 430 g/mol. The van der Waals surface area contributed by atoms with Gasteiger partial charge in [-0.15, -0.1) is 0 Å². The molecule has 0 fully saturated rings. The van der Waals surface area contributed by atoms with Gasteiger partial charge in [-0.2, -0.15) is 10.6 Å². The van der Waals surface area contributed by atoms with Crippen LogP contribution in [-0.2, 0) is 25.1 Å². The summed E-state index contributed by atoms with van der Waals surface area (Å²) in [7, 11) is -0.219. The van der Waals surface area contributed by atoms with Crippen LogP contribution in [0, 0.1) is 5.82 Å². The molecule has 0 saturated carbocycles. The monoisotopic (exact) mass is 459 g/mol. The van der Waals surface area contributed by atoms with Gasteiger partial charge in [0.25, 0.3) is 0 Å². The van der Waals surface area contributed by atoms with Crippen LogP contribution < -0.4 is 11.1 Å². The van der Waals surface area contributed by atoms with E-state index in [4.69, 9.17) is 10.5 Å². The number of aromatic nitrogens is 1. The number of halogens is 2. The molecule has 2 rings (SSSR count). The van der Waals surface area contributed by atoms with Crippen molar-refractivity contribution in [3.8, 4) is 0 Å². The molecule has 1 amide bonds. The summed E-state index contributed by atoms with van der Waals surface area (Å²) in [6.45, 7) is 4.57. The first-order valence-electron chi connectivity index (χ1n) is 9.81. The summed E-state index contributed by atoms with van der Waals surface area (Å²) in [5, 5.41) is 2.51. The Balaban J connectivity index is 2.64. The largest absolute Gasteiger partial charge is 0.444 e. The van der Waals surface area contributed by atoms with E-state index in [1.807, 2.05) is 0 Å². The third-order valence-corrected chi connectivity index (χ3v) is 5.52. The molecule has 2 heterocycles. The number of amides is 1. The molecule has 1 aliphatic rings. The Hall–Kier alpha value is -2.50. The molecule has 1 aromatic heterocycles. The van der Waals surface area contributed by atoms with E-state index in [1.54, 1.807) is 32.7 Å². The molecule has 0 aliphatic carbocycles. The van der Waals surface area contributed by atoms with Crippen molar-refractivity contribution in [2.75, 3.05) is 38.3 Å². The summed E-state index contributed by atoms with van der Waals surface area (Å²) in [5.41, 5.74) is 2.49. The number of nitrogens with two attached hydrogens (primary N) is 1. The number of alkyl halides is 1. The van der Waals surface area contributed by atoms with Crippen molar-refractivity contribution in [3.05, 3.63) is 23.6 Å². The number of anilines is 1. The van der Waals surface area contributed by atoms with Crippen LogP contribution in [0.4, 0.5) is 19.4 Å². The Morgan fingerprint density at radius 1 is 1.39 bits per heavy atom. The van der Waals surface area contributed by atoms with Crippen molar-refractivity contribution in [3.63, 3.8) is 0 Å². The molecule has 0 saturated heterocycles. The third kappa shape index (κ3) is 7.01. The Kier molecular flexibility index (Phi) is 8.15. The van der Waals surface area contributed by atoms with Gasteiger partial charge >= 0.3 is 6.09 Å². The number of rotatable bonds is 2. The fourth-order valence-electron chi connectivity index (χ4n) is 2.86. The van der Waals surface area contributed by atoms with Crippen LogP contribution in [0.2, 0.25) is 0 Å². The molecule has 1 aromatic rings. The van der Waals surface area contributed by atoms with Crippen molar-refractivity contribution >= 4 is 28.5 Å². The fourth-order valence-corrected chi connectivity index (χ4v) is 3.97. The number of nitrogens with zero attached hydrogens (tertiary/aromatic N) is 4. The molecule has 1 aliphatic heterocycles. The molecule has 0 unspecified atom stereocenters. The zero-order valence-corrected chi connectivity index (χ0v) is 19.0. The molecule has 31 heavy (non-hydrogen) atoms. The maximum Gasteiger partial charge on any atom is 0.414 e. The number of carbonyl (C=O) groups is 1. The second-order valence-corrected chi connectivity index (χ2v) is 9.43. The summed E-state index contributed by atoms with van der Waals surface area (Å²) in [6, 6.07) is 2.27. The van der Waals surface area contributed by atoms with E-state index in [0.717, 1.165) is 6.07 Å². The lowest BCUT2D eigenvalue weighted by Crippen LogP contribution is -2.47. The second-order valence-electron chi connectivity index (χ2n) is 8.24. The Labute approximate surface area is 182 Å². The zero-order valence-electron chi connectivity index (χ0n) is 18.2. The number of aliphatic imine (C=N–C) groups is 1. The number of nitrogen functional groups attached to an aromatic ring is 1. The number of nitrogens with one attached hydrogen (secondary N) is 1. The van der Waals surface area contributed by atoms with E-state index in [-0.39, 0.29) is 11.8 Å². The summed E-state index contributed by atoms with van der Waals surface area (Å²) in [6.07, 6.45) is 0.468. The van der Waals surface area contributed by atoms with Gasteiger partial charge in [-0.25, -0.2) is 23.6 Å². The average molecular weight is 460 g/mol. The molecule has 0 radical (unpaired) electrons. The smallest absolute Gasteiger partial charge is 0.414 e. The first kappa shape index (κ1) is 24.8. The predicted octanol–water partition coefficient (Wildman–Crippen LogP) is 2.72. The standard InChI is InChI=1S/C19H29F2N6O3S/c1-18(2,3)30-17(28)25-16-26-19(11-20,15-13(21)7-8-14(22)24-15)12-31(29)23-9-5-6-10-27(16)4/h7-8H,5-6,9-12H2,1-4H3,(H2,22,24)(H,25,26,28)/q-1/t19-/m0/s1. The van der Waals surface area contributed by atoms with Crippen molar-refractivity contribution in [1.29, 1.82) is 0 Å². The van der Waals surface area contributed by atoms with Gasteiger partial charge in [0, 0.05) is 20.1 Å². The number of ether oxygens (including phenoxy) is 1. The van der Waals surface area contributed by atoms with Gasteiger partial charge < -0.3 is 23.9 Å². The zero-order chi connectivity index (χ0) is 23.2. The summed E-state index contributed by atoms with van der Waals surface area (Å²) < 4.78 is 51.1. The van der Waals surface area contributed by atoms with Crippen LogP contribution in [-0.4, -0.2) is 60.1 Å². The van der Waals surface area contributed by atoms with E-state index in [1.165, 1.54) is 6.07 Å². The maximum atomic E-state index is 14.7. The summed E-state index contributed by atoms with van der Waals surface area (Å²) in [5.74, 6) is -1.44. The third-order valence-electron chi connectivity index (χ3n) is 4.32. The van der Waals surface area contributed by atoms with Crippen LogP contribution in [0.1, 0.15) is 39.3 Å². The first-order valence-corrected chi connectivity index (χ1v) is 11.1. The van der Waals surface area contributed by atoms with Crippen LogP contribution in [0.25, 0.3) is 0 Å². The van der Waals surface area contributed by atoms with Gasteiger partial charge in [-0.1, -0.05) is 5.75 Å². The van der Waals surface area contributed by atoms with Crippen molar-refractivity contribution < 1.29 is 22.5 Å². The number of guanidine groups is 1. The molecule has 0 spiro atoms. The van der Waals surface area contributed by atoms with Crippen LogP contribution in [0.3, 0.4) is 0 Å². The Morgan fingerprint density at radius 3 is 2.74 bits per heavy atom. The van der Waals surface area contributed by atoms with Gasteiger partial charge in [0.2, 0.25) is 5.96 Å². The number of hydrogen-bond acceptors (Lipinski definition) is 9. The normalized spacial score (nSPS) is 21.5. The van der Waals surface area contributed by atoms with E-state index >= 15 is 0 Å². The lowest BCUT2D eigenvalue weighted by atomic mass is 9.98. The highest BCUT2D eigenvalue weighted by Crippen LogP contribution is 2.30. The van der Waals surface area contributed by atoms with E-state index in [9.17, 15) is 17.8 Å². The molecule has 3 N–H and O–H groups in total. The highest BCUT2D eigenvalue weighted by molar-refractivity contribution is 7.74. The van der Waals surface area contributed by atoms with Crippen molar-refractivity contribution in [2.24, 2.45) is 9.36 Å². The van der Waals surface area contributed by atoms with Crippen LogP contribution >= 0.6 is 0 Å². The minimum absolute atomic E-state index is 0.0496. The SMILES string of the molecule is CN1CCCCN=[S-](=O)C[C@@](CF)(c2nc(N)ccc2F)N=C1NC(=O)OC(C)(C)C. The first-order chi connectivity index (χ1) is 14.5. The summed E-state index contributed by atoms with van der Waals surface area (Å²) in [4.78, 5) is 22.3. The second kappa shape index (κ2) is 10.2. The van der Waals surface area contributed by atoms with Gasteiger partial charge in [0.15, 0.2) is 0 Å². The van der Waals surface area contributed by atoms with E-state index in [2.05, 4.69) is 19.7 Å². The Bertz CT molecular complexity index is 914. The van der Waals surface area contributed by atoms with Crippen LogP contribution in [0.15, 0.2) is 21.5 Å². The topological polar surface area (TPSA) is 122 Å². The number of alkyl carbamates (subject to hydrolysis) is 1. The van der Waals surface area contributed by atoms with Gasteiger partial charge in [-0.3, -0.25) is 5.32 Å². The van der Waals surface area contributed by atoms with Gasteiger partial charge in [0.05, 0.1) is 0 Å². The van der Waals surface area contributed by atoms with Crippen molar-refractivity contribution in [2.45, 2.75) is 44.8 Å². The minimum atomic E-state index is -2.02. The Morgan fingerprint density at radius 2 is 2.10 bits per heavy atom. The average Bonchev–Trinajstić information content (AvgIpc) is 2.68. The quantitative estimate of drug-likeness (QED) is 0.656. The lowest BCUT2D eigenvalue weighted by Gasteiger charge is -2.32. The highest BCUT2D eigenvalue weighted by atomic mass is 32.2. The molecule has 12 heteroatoms. The molecule has 0 bridgehead atoms. The van der Waals surface area contributed by atoms with E-state index < -0.39 is 51.8 Å². The molecule has 9 nitrogen and oxygen atoms in total. The molecule has 0 aromatic carbocycles. The minimum Gasteiger partial charge on any atom is -0.444 e. The lowest BCUT2D eigenvalue weighted by molar-refractivity contribution is 0.0556. The number of hydrogen-bond donors (Lipinski definition) is 2. The van der Waals surface area contributed by atoms with Gasteiger partial charge in [-0.05, 0) is 45.7 Å². The van der Waals surface area contributed by atoms with Gasteiger partial charge in [0.1, 0.15) is 35.1 Å². The predicted molar refractivity (Wildman–Crippen MR) is 115 cm³/mol. The molecule has 1 atom stereocenters. The van der Waals surface area contributed by atoms with Crippen LogP contribution in [0.5, 0.6) is 0 Å². The van der Waals surface area contributed by atoms with Crippen molar-refractivity contribution in [1.82, 2.24) is 15.2 Å². The number of pyridine rings is 1. The number of carbonyl (C=O) groups excluding carboxylic acids is 1.